The molecule has 1 aromatic carbocycles. The smallest absolute Gasteiger partial charge is 0.303 e. The fourth-order valence-corrected chi connectivity index (χ4v) is 4.88. The molecule has 1 amide bonds. The lowest BCUT2D eigenvalue weighted by Gasteiger charge is -2.37. The Bertz CT molecular complexity index is 1090. The number of aliphatic carboxylic acids is 1. The second kappa shape index (κ2) is 8.91. The van der Waals surface area contributed by atoms with Crippen LogP contribution in [0.3, 0.4) is 0 Å². The van der Waals surface area contributed by atoms with Gasteiger partial charge in [-0.05, 0) is 42.7 Å². The lowest BCUT2D eigenvalue weighted by molar-refractivity contribution is -0.140. The topological polar surface area (TPSA) is 83.0 Å². The van der Waals surface area contributed by atoms with Gasteiger partial charge in [-0.3, -0.25) is 9.59 Å². The quantitative estimate of drug-likeness (QED) is 0.696. The Morgan fingerprint density at radius 2 is 2.06 bits per heavy atom. The Kier molecular flexibility index (Phi) is 6.33. The van der Waals surface area contributed by atoms with E-state index < -0.39 is 11.8 Å². The predicted molar refractivity (Wildman–Crippen MR) is 123 cm³/mol. The van der Waals surface area contributed by atoms with Crippen LogP contribution in [0.15, 0.2) is 30.3 Å². The molecule has 2 atom stereocenters. The SMILES string of the molecule is CO[C@H]1CN(C(=O)c2ccc3c(n2)C(C)(C)CN3c2ccc(Cl)c(F)c2)CC[C@@H]1CC(=O)O. The normalized spacial score (nSPS) is 21.7. The van der Waals surface area contributed by atoms with Gasteiger partial charge < -0.3 is 19.6 Å². The minimum absolute atomic E-state index is 0.0208. The molecule has 4 rings (SSSR count). The van der Waals surface area contributed by atoms with Gasteiger partial charge >= 0.3 is 5.97 Å². The van der Waals surface area contributed by atoms with Crippen LogP contribution in [0.1, 0.15) is 42.9 Å². The first-order valence-corrected chi connectivity index (χ1v) is 11.3. The summed E-state index contributed by atoms with van der Waals surface area (Å²) in [6.07, 6.45) is 0.246. The van der Waals surface area contributed by atoms with Crippen molar-refractivity contribution >= 4 is 34.9 Å². The van der Waals surface area contributed by atoms with E-state index in [2.05, 4.69) is 0 Å². The Labute approximate surface area is 197 Å². The molecule has 1 saturated heterocycles. The van der Waals surface area contributed by atoms with Gasteiger partial charge in [0, 0.05) is 37.8 Å². The molecule has 0 radical (unpaired) electrons. The number of fused-ring (bicyclic) bond motifs is 1. The maximum absolute atomic E-state index is 14.1. The summed E-state index contributed by atoms with van der Waals surface area (Å²) in [6, 6.07) is 8.23. The van der Waals surface area contributed by atoms with Gasteiger partial charge in [-0.15, -0.1) is 0 Å². The first-order chi connectivity index (χ1) is 15.6. The Balaban J connectivity index is 1.58. The van der Waals surface area contributed by atoms with Gasteiger partial charge in [0.2, 0.25) is 0 Å². The highest BCUT2D eigenvalue weighted by Crippen LogP contribution is 2.43. The minimum atomic E-state index is -0.866. The van der Waals surface area contributed by atoms with Crippen LogP contribution in [0, 0.1) is 11.7 Å². The number of amides is 1. The van der Waals surface area contributed by atoms with Crippen LogP contribution in [0.4, 0.5) is 15.8 Å². The fraction of sp³-hybridized carbons (Fsp3) is 0.458. The molecule has 2 aliphatic heterocycles. The molecule has 2 aromatic rings. The Morgan fingerprint density at radius 1 is 1.30 bits per heavy atom. The summed E-state index contributed by atoms with van der Waals surface area (Å²) < 4.78 is 19.6. The standard InChI is InChI=1S/C24H27ClFN3O4/c1-24(2)13-29(15-4-5-16(25)17(26)11-15)19-7-6-18(27-22(19)24)23(32)28-9-8-14(10-21(30)31)20(12-28)33-3/h4-7,11,14,20H,8-10,12-13H2,1-3H3,(H,30,31)/t14-,20+/m1/s1. The molecule has 3 heterocycles. The van der Waals surface area contributed by atoms with Gasteiger partial charge in [0.05, 0.1) is 28.9 Å². The van der Waals surface area contributed by atoms with E-state index in [1.54, 1.807) is 17.0 Å². The van der Waals surface area contributed by atoms with Crippen molar-refractivity contribution in [3.63, 3.8) is 0 Å². The molecular formula is C24H27ClFN3O4. The van der Waals surface area contributed by atoms with Crippen molar-refractivity contribution in [3.05, 3.63) is 52.6 Å². The largest absolute Gasteiger partial charge is 0.481 e. The number of methoxy groups -OCH3 is 1. The summed E-state index contributed by atoms with van der Waals surface area (Å²) in [7, 11) is 1.54. The van der Waals surface area contributed by atoms with E-state index in [0.29, 0.717) is 37.4 Å². The molecule has 1 fully saturated rings. The van der Waals surface area contributed by atoms with Crippen LogP contribution in [0.5, 0.6) is 0 Å². The zero-order chi connectivity index (χ0) is 23.9. The van der Waals surface area contributed by atoms with Crippen molar-refractivity contribution in [2.24, 2.45) is 5.92 Å². The molecule has 33 heavy (non-hydrogen) atoms. The number of pyridine rings is 1. The molecule has 0 bridgehead atoms. The fourth-order valence-electron chi connectivity index (χ4n) is 4.76. The summed E-state index contributed by atoms with van der Waals surface area (Å²) in [4.78, 5) is 32.8. The van der Waals surface area contributed by atoms with Crippen LogP contribution >= 0.6 is 11.6 Å². The number of nitrogens with zero attached hydrogens (tertiary/aromatic N) is 3. The van der Waals surface area contributed by atoms with Crippen LogP contribution in [-0.2, 0) is 14.9 Å². The molecule has 0 unspecified atom stereocenters. The summed E-state index contributed by atoms with van der Waals surface area (Å²) in [5.74, 6) is -1.69. The highest BCUT2D eigenvalue weighted by Gasteiger charge is 2.39. The predicted octanol–water partition coefficient (Wildman–Crippen LogP) is 4.26. The van der Waals surface area contributed by atoms with Crippen molar-refractivity contribution in [1.29, 1.82) is 0 Å². The molecule has 9 heteroatoms. The van der Waals surface area contributed by atoms with Gasteiger partial charge in [-0.25, -0.2) is 9.37 Å². The van der Waals surface area contributed by atoms with E-state index in [0.717, 1.165) is 11.4 Å². The number of benzene rings is 1. The van der Waals surface area contributed by atoms with Crippen molar-refractivity contribution in [2.75, 3.05) is 31.6 Å². The van der Waals surface area contributed by atoms with Crippen LogP contribution < -0.4 is 4.90 Å². The summed E-state index contributed by atoms with van der Waals surface area (Å²) >= 11 is 5.84. The number of likely N-dealkylation sites (tertiary alicyclic amines) is 1. The second-order valence-corrected chi connectivity index (χ2v) is 9.71. The third-order valence-electron chi connectivity index (χ3n) is 6.52. The molecular weight excluding hydrogens is 449 g/mol. The highest BCUT2D eigenvalue weighted by molar-refractivity contribution is 6.30. The number of hydrogen-bond acceptors (Lipinski definition) is 5. The first-order valence-electron chi connectivity index (χ1n) is 10.9. The molecule has 0 saturated carbocycles. The van der Waals surface area contributed by atoms with Crippen molar-refractivity contribution in [2.45, 2.75) is 38.2 Å². The number of piperidine rings is 1. The third-order valence-corrected chi connectivity index (χ3v) is 6.82. The van der Waals surface area contributed by atoms with E-state index >= 15 is 0 Å². The number of aromatic nitrogens is 1. The van der Waals surface area contributed by atoms with Gasteiger partial charge in [-0.2, -0.15) is 0 Å². The maximum Gasteiger partial charge on any atom is 0.303 e. The Morgan fingerprint density at radius 3 is 2.73 bits per heavy atom. The number of anilines is 2. The minimum Gasteiger partial charge on any atom is -0.481 e. The number of rotatable bonds is 5. The molecule has 7 nitrogen and oxygen atoms in total. The average Bonchev–Trinajstić information content (AvgIpc) is 3.05. The van der Waals surface area contributed by atoms with Crippen molar-refractivity contribution < 1.29 is 23.8 Å². The average molecular weight is 476 g/mol. The van der Waals surface area contributed by atoms with Gasteiger partial charge in [-0.1, -0.05) is 25.4 Å². The highest BCUT2D eigenvalue weighted by atomic mass is 35.5. The van der Waals surface area contributed by atoms with Crippen molar-refractivity contribution in [3.8, 4) is 0 Å². The molecule has 0 aliphatic carbocycles. The van der Waals surface area contributed by atoms with Crippen molar-refractivity contribution in [1.82, 2.24) is 9.88 Å². The lowest BCUT2D eigenvalue weighted by Crippen LogP contribution is -2.48. The zero-order valence-electron chi connectivity index (χ0n) is 18.8. The molecule has 2 aliphatic rings. The van der Waals surface area contributed by atoms with E-state index in [1.165, 1.54) is 19.2 Å². The van der Waals surface area contributed by atoms with E-state index in [1.807, 2.05) is 24.8 Å². The van der Waals surface area contributed by atoms with E-state index in [9.17, 15) is 14.0 Å². The Hall–Kier alpha value is -2.71. The first kappa shape index (κ1) is 23.4. The monoisotopic (exact) mass is 475 g/mol. The summed E-state index contributed by atoms with van der Waals surface area (Å²) in [5, 5.41) is 9.19. The molecule has 0 spiro atoms. The van der Waals surface area contributed by atoms with Crippen LogP contribution in [0.2, 0.25) is 5.02 Å². The van der Waals surface area contributed by atoms with Gasteiger partial charge in [0.15, 0.2) is 0 Å². The van der Waals surface area contributed by atoms with E-state index in [-0.39, 0.29) is 34.8 Å². The third kappa shape index (κ3) is 4.54. The number of hydrogen-bond donors (Lipinski definition) is 1. The molecule has 1 N–H and O–H groups in total. The number of halogens is 2. The van der Waals surface area contributed by atoms with Gasteiger partial charge in [0.1, 0.15) is 11.5 Å². The number of carboxylic acids is 1. The van der Waals surface area contributed by atoms with E-state index in [4.69, 9.17) is 26.4 Å². The lowest BCUT2D eigenvalue weighted by atomic mass is 9.90. The maximum atomic E-state index is 14.1. The zero-order valence-corrected chi connectivity index (χ0v) is 19.6. The second-order valence-electron chi connectivity index (χ2n) is 9.30. The summed E-state index contributed by atoms with van der Waals surface area (Å²) in [5.41, 5.74) is 2.25. The molecule has 1 aromatic heterocycles. The number of carboxylic acid groups (broad SMARTS) is 1. The number of carbonyl (C=O) groups excluding carboxylic acids is 1. The number of carbonyl (C=O) groups is 2. The van der Waals surface area contributed by atoms with Crippen LogP contribution in [0.25, 0.3) is 0 Å². The summed E-state index contributed by atoms with van der Waals surface area (Å²) in [6.45, 7) is 5.44. The van der Waals surface area contributed by atoms with Gasteiger partial charge in [0.25, 0.3) is 5.91 Å². The number of ether oxygens (including phenoxy) is 1. The van der Waals surface area contributed by atoms with Crippen LogP contribution in [-0.4, -0.2) is 59.7 Å². The molecule has 176 valence electrons.